The first-order chi connectivity index (χ1) is 8.65. The third kappa shape index (κ3) is 5.01. The normalized spacial score (nSPS) is 12.2. The minimum absolute atomic E-state index is 0.612. The maximum atomic E-state index is 8.92. The second-order valence-corrected chi connectivity index (χ2v) is 6.12. The number of hydrogen-bond acceptors (Lipinski definition) is 3. The highest BCUT2D eigenvalue weighted by Crippen LogP contribution is 2.20. The lowest BCUT2D eigenvalue weighted by molar-refractivity contribution is 0.317. The third-order valence-corrected chi connectivity index (χ3v) is 4.47. The molecule has 1 unspecified atom stereocenters. The maximum absolute atomic E-state index is 8.92. The fourth-order valence-electron chi connectivity index (χ4n) is 1.39. The van der Waals surface area contributed by atoms with Crippen LogP contribution in [-0.4, -0.2) is 17.6 Å². The Kier molecular flexibility index (Phi) is 6.67. The highest BCUT2D eigenvalue weighted by Gasteiger charge is 2.07. The van der Waals surface area contributed by atoms with E-state index in [0.717, 1.165) is 18.1 Å². The summed E-state index contributed by atoms with van der Waals surface area (Å²) in [5, 5.41) is 9.61. The van der Waals surface area contributed by atoms with Gasteiger partial charge in [-0.1, -0.05) is 32.9 Å². The van der Waals surface area contributed by atoms with Gasteiger partial charge in [0.1, 0.15) is 11.8 Å². The van der Waals surface area contributed by atoms with Crippen molar-refractivity contribution in [2.75, 3.05) is 12.4 Å². The predicted octanol–water partition coefficient (Wildman–Crippen LogP) is 4.10. The lowest BCUT2D eigenvalue weighted by Gasteiger charge is -2.14. The van der Waals surface area contributed by atoms with Crippen LogP contribution >= 0.6 is 11.8 Å². The number of benzene rings is 1. The van der Waals surface area contributed by atoms with E-state index in [0.29, 0.717) is 23.2 Å². The SMILES string of the molecule is CC(C)C(C)SCCCOc1ccccc1C#N. The number of nitriles is 1. The molecule has 0 aromatic heterocycles. The van der Waals surface area contributed by atoms with Gasteiger partial charge in [-0.25, -0.2) is 0 Å². The van der Waals surface area contributed by atoms with Crippen molar-refractivity contribution in [2.24, 2.45) is 5.92 Å². The van der Waals surface area contributed by atoms with Crippen LogP contribution in [0.25, 0.3) is 0 Å². The van der Waals surface area contributed by atoms with Gasteiger partial charge in [0.2, 0.25) is 0 Å². The zero-order valence-corrected chi connectivity index (χ0v) is 12.2. The fraction of sp³-hybridized carbons (Fsp3) is 0.533. The van der Waals surface area contributed by atoms with Crippen molar-refractivity contribution in [3.63, 3.8) is 0 Å². The van der Waals surface area contributed by atoms with E-state index in [4.69, 9.17) is 10.00 Å². The molecule has 98 valence electrons. The molecule has 0 aliphatic carbocycles. The summed E-state index contributed by atoms with van der Waals surface area (Å²) in [7, 11) is 0. The van der Waals surface area contributed by atoms with Crippen LogP contribution < -0.4 is 4.74 Å². The summed E-state index contributed by atoms with van der Waals surface area (Å²) in [6.07, 6.45) is 1.02. The molecule has 0 fully saturated rings. The number of nitrogens with zero attached hydrogens (tertiary/aromatic N) is 1. The number of rotatable bonds is 7. The Hall–Kier alpha value is -1.14. The Morgan fingerprint density at radius 1 is 1.28 bits per heavy atom. The van der Waals surface area contributed by atoms with E-state index in [1.165, 1.54) is 0 Å². The van der Waals surface area contributed by atoms with E-state index in [-0.39, 0.29) is 0 Å². The lowest BCUT2D eigenvalue weighted by atomic mass is 10.2. The number of ether oxygens (including phenoxy) is 1. The van der Waals surface area contributed by atoms with E-state index in [2.05, 4.69) is 26.8 Å². The van der Waals surface area contributed by atoms with Crippen LogP contribution in [0.4, 0.5) is 0 Å². The maximum Gasteiger partial charge on any atom is 0.137 e. The molecular weight excluding hydrogens is 242 g/mol. The van der Waals surface area contributed by atoms with Gasteiger partial charge in [-0.15, -0.1) is 0 Å². The molecule has 0 radical (unpaired) electrons. The molecule has 1 aromatic carbocycles. The standard InChI is InChI=1S/C15H21NOS/c1-12(2)13(3)18-10-6-9-17-15-8-5-4-7-14(15)11-16/h4-5,7-8,12-13H,6,9-10H2,1-3H3. The van der Waals surface area contributed by atoms with Gasteiger partial charge in [-0.2, -0.15) is 17.0 Å². The molecule has 1 atom stereocenters. The highest BCUT2D eigenvalue weighted by atomic mass is 32.2. The average molecular weight is 263 g/mol. The second-order valence-electron chi connectivity index (χ2n) is 4.63. The molecule has 0 aliphatic heterocycles. The van der Waals surface area contributed by atoms with Crippen molar-refractivity contribution in [2.45, 2.75) is 32.4 Å². The van der Waals surface area contributed by atoms with Crippen LogP contribution in [0.1, 0.15) is 32.8 Å². The predicted molar refractivity (Wildman–Crippen MR) is 78.0 cm³/mol. The first kappa shape index (κ1) is 14.9. The van der Waals surface area contributed by atoms with Gasteiger partial charge >= 0.3 is 0 Å². The number of thioether (sulfide) groups is 1. The van der Waals surface area contributed by atoms with Crippen molar-refractivity contribution >= 4 is 11.8 Å². The van der Waals surface area contributed by atoms with Crippen molar-refractivity contribution < 1.29 is 4.74 Å². The van der Waals surface area contributed by atoms with E-state index < -0.39 is 0 Å². The van der Waals surface area contributed by atoms with Crippen molar-refractivity contribution in [1.82, 2.24) is 0 Å². The van der Waals surface area contributed by atoms with Gasteiger partial charge in [0.15, 0.2) is 0 Å². The summed E-state index contributed by atoms with van der Waals surface area (Å²) < 4.78 is 5.63. The summed E-state index contributed by atoms with van der Waals surface area (Å²) in [4.78, 5) is 0. The Bertz CT molecular complexity index is 398. The molecule has 2 nitrogen and oxygen atoms in total. The van der Waals surface area contributed by atoms with E-state index >= 15 is 0 Å². The summed E-state index contributed by atoms with van der Waals surface area (Å²) in [5.41, 5.74) is 0.612. The van der Waals surface area contributed by atoms with Gasteiger partial charge < -0.3 is 4.74 Å². The van der Waals surface area contributed by atoms with Crippen LogP contribution in [-0.2, 0) is 0 Å². The first-order valence-electron chi connectivity index (χ1n) is 6.38. The fourth-order valence-corrected chi connectivity index (χ4v) is 2.43. The molecule has 0 saturated carbocycles. The summed E-state index contributed by atoms with van der Waals surface area (Å²) in [6, 6.07) is 9.52. The van der Waals surface area contributed by atoms with Crippen LogP contribution in [0.15, 0.2) is 24.3 Å². The van der Waals surface area contributed by atoms with Gasteiger partial charge in [-0.05, 0) is 30.2 Å². The largest absolute Gasteiger partial charge is 0.492 e. The highest BCUT2D eigenvalue weighted by molar-refractivity contribution is 7.99. The molecule has 18 heavy (non-hydrogen) atoms. The molecule has 1 aromatic rings. The van der Waals surface area contributed by atoms with Crippen LogP contribution in [0.3, 0.4) is 0 Å². The Balaban J connectivity index is 2.24. The third-order valence-electron chi connectivity index (χ3n) is 2.87. The molecule has 1 rings (SSSR count). The molecular formula is C15H21NOS. The molecule has 0 heterocycles. The van der Waals surface area contributed by atoms with E-state index in [9.17, 15) is 0 Å². The zero-order chi connectivity index (χ0) is 13.4. The second kappa shape index (κ2) is 8.05. The minimum atomic E-state index is 0.612. The minimum Gasteiger partial charge on any atom is -0.492 e. The quantitative estimate of drug-likeness (QED) is 0.694. The van der Waals surface area contributed by atoms with Crippen molar-refractivity contribution in [3.8, 4) is 11.8 Å². The smallest absolute Gasteiger partial charge is 0.137 e. The molecule has 0 bridgehead atoms. The molecule has 3 heteroatoms. The average Bonchev–Trinajstić information content (AvgIpc) is 2.38. The Labute approximate surface area is 114 Å². The molecule has 0 spiro atoms. The van der Waals surface area contributed by atoms with Crippen LogP contribution in [0.2, 0.25) is 0 Å². The lowest BCUT2D eigenvalue weighted by Crippen LogP contribution is -2.08. The molecule has 0 N–H and O–H groups in total. The monoisotopic (exact) mass is 263 g/mol. The zero-order valence-electron chi connectivity index (χ0n) is 11.3. The van der Waals surface area contributed by atoms with Crippen molar-refractivity contribution in [3.05, 3.63) is 29.8 Å². The summed E-state index contributed by atoms with van der Waals surface area (Å²) in [6.45, 7) is 7.44. The van der Waals surface area contributed by atoms with Gasteiger partial charge in [0.05, 0.1) is 12.2 Å². The van der Waals surface area contributed by atoms with Crippen molar-refractivity contribution in [1.29, 1.82) is 5.26 Å². The molecule has 0 aliphatic rings. The Morgan fingerprint density at radius 2 is 2.00 bits per heavy atom. The molecule has 0 saturated heterocycles. The number of para-hydroxylation sites is 1. The van der Waals surface area contributed by atoms with Gasteiger partial charge in [0.25, 0.3) is 0 Å². The van der Waals surface area contributed by atoms with E-state index in [1.807, 2.05) is 30.0 Å². The van der Waals surface area contributed by atoms with E-state index in [1.54, 1.807) is 6.07 Å². The molecule has 0 amide bonds. The Morgan fingerprint density at radius 3 is 2.67 bits per heavy atom. The van der Waals surface area contributed by atoms with Crippen LogP contribution in [0.5, 0.6) is 5.75 Å². The van der Waals surface area contributed by atoms with Gasteiger partial charge in [0, 0.05) is 5.25 Å². The first-order valence-corrected chi connectivity index (χ1v) is 7.43. The van der Waals surface area contributed by atoms with Gasteiger partial charge in [-0.3, -0.25) is 0 Å². The summed E-state index contributed by atoms with van der Waals surface area (Å²) >= 11 is 1.98. The number of hydrogen-bond donors (Lipinski definition) is 0. The topological polar surface area (TPSA) is 33.0 Å². The van der Waals surface area contributed by atoms with Crippen LogP contribution in [0, 0.1) is 17.2 Å². The summed E-state index contributed by atoms with van der Waals surface area (Å²) in [5.74, 6) is 2.52.